The van der Waals surface area contributed by atoms with Crippen LogP contribution in [0, 0.1) is 18.8 Å². The van der Waals surface area contributed by atoms with Crippen LogP contribution >= 0.6 is 10.7 Å². The molecule has 0 heterocycles. The molecule has 0 bridgehead atoms. The molecule has 0 saturated heterocycles. The predicted octanol–water partition coefficient (Wildman–Crippen LogP) is 2.92. The van der Waals surface area contributed by atoms with Gasteiger partial charge in [-0.25, -0.2) is 8.42 Å². The van der Waals surface area contributed by atoms with Crippen molar-refractivity contribution in [1.29, 1.82) is 0 Å². The molecule has 1 aliphatic carbocycles. The lowest BCUT2D eigenvalue weighted by atomic mass is 10.1. The first kappa shape index (κ1) is 16.1. The Morgan fingerprint density at radius 1 is 1.43 bits per heavy atom. The van der Waals surface area contributed by atoms with Crippen LogP contribution < -0.4 is 10.1 Å². The van der Waals surface area contributed by atoms with E-state index >= 15 is 0 Å². The predicted molar refractivity (Wildman–Crippen MR) is 81.3 cm³/mol. The number of benzene rings is 1. The molecule has 1 aromatic carbocycles. The second kappa shape index (κ2) is 5.85. The van der Waals surface area contributed by atoms with Crippen LogP contribution in [-0.2, 0) is 13.8 Å². The number of methoxy groups -OCH3 is 1. The van der Waals surface area contributed by atoms with Crippen molar-refractivity contribution in [1.82, 2.24) is 0 Å². The number of ether oxygens (including phenoxy) is 1. The summed E-state index contributed by atoms with van der Waals surface area (Å²) in [5.41, 5.74) is 0.999. The van der Waals surface area contributed by atoms with E-state index in [1.54, 1.807) is 13.0 Å². The van der Waals surface area contributed by atoms with Gasteiger partial charge in [-0.3, -0.25) is 4.79 Å². The summed E-state index contributed by atoms with van der Waals surface area (Å²) in [4.78, 5) is 12.0. The third-order valence-corrected chi connectivity index (χ3v) is 4.99. The Labute approximate surface area is 129 Å². The third-order valence-electron chi connectivity index (χ3n) is 3.67. The molecule has 0 radical (unpaired) electrons. The fraction of sp³-hybridized carbons (Fsp3) is 0.500. The molecule has 1 atom stereocenters. The summed E-state index contributed by atoms with van der Waals surface area (Å²) in [5.74, 6) is 0.231. The lowest BCUT2D eigenvalue weighted by Crippen LogP contribution is -2.22. The zero-order chi connectivity index (χ0) is 15.8. The van der Waals surface area contributed by atoms with Crippen LogP contribution in [0.4, 0.5) is 5.69 Å². The topological polar surface area (TPSA) is 72.5 Å². The van der Waals surface area contributed by atoms with Crippen molar-refractivity contribution in [2.75, 3.05) is 12.4 Å². The number of halogens is 1. The average molecular weight is 332 g/mol. The maximum absolute atomic E-state index is 12.2. The summed E-state index contributed by atoms with van der Waals surface area (Å²) in [6, 6.07) is 3.09. The molecule has 1 N–H and O–H groups in total. The van der Waals surface area contributed by atoms with Crippen molar-refractivity contribution in [2.24, 2.45) is 11.8 Å². The highest BCUT2D eigenvalue weighted by atomic mass is 35.7. The second-order valence-electron chi connectivity index (χ2n) is 5.40. The molecule has 7 heteroatoms. The SMILES string of the molecule is COc1c(NC(=O)C(C)C2CC2)cc(C)cc1S(=O)(=O)Cl. The van der Waals surface area contributed by atoms with E-state index in [-0.39, 0.29) is 22.5 Å². The fourth-order valence-electron chi connectivity index (χ4n) is 2.28. The first-order chi connectivity index (χ1) is 9.74. The average Bonchev–Trinajstić information content (AvgIpc) is 3.20. The van der Waals surface area contributed by atoms with Crippen molar-refractivity contribution in [3.05, 3.63) is 17.7 Å². The molecule has 1 amide bonds. The van der Waals surface area contributed by atoms with Crippen LogP contribution in [0.2, 0.25) is 0 Å². The van der Waals surface area contributed by atoms with Gasteiger partial charge in [-0.05, 0) is 43.4 Å². The Kier molecular flexibility index (Phi) is 4.49. The molecular weight excluding hydrogens is 314 g/mol. The largest absolute Gasteiger partial charge is 0.493 e. The molecular formula is C14H18ClNO4S. The fourth-order valence-corrected chi connectivity index (χ4v) is 3.37. The summed E-state index contributed by atoms with van der Waals surface area (Å²) in [6.45, 7) is 3.60. The molecule has 1 aromatic rings. The Morgan fingerprint density at radius 2 is 2.05 bits per heavy atom. The van der Waals surface area contributed by atoms with E-state index in [2.05, 4.69) is 5.32 Å². The van der Waals surface area contributed by atoms with Crippen LogP contribution in [0.15, 0.2) is 17.0 Å². The molecule has 1 aliphatic rings. The monoisotopic (exact) mass is 331 g/mol. The number of amides is 1. The van der Waals surface area contributed by atoms with Crippen LogP contribution in [0.5, 0.6) is 5.75 Å². The summed E-state index contributed by atoms with van der Waals surface area (Å²) in [7, 11) is 2.81. The van der Waals surface area contributed by atoms with E-state index < -0.39 is 9.05 Å². The molecule has 1 unspecified atom stereocenters. The van der Waals surface area contributed by atoms with Crippen LogP contribution in [-0.4, -0.2) is 21.4 Å². The highest BCUT2D eigenvalue weighted by Crippen LogP contribution is 2.39. The standard InChI is InChI=1S/C14H18ClNO4S/c1-8-6-11(16-14(17)9(2)10-4-5-10)13(20-3)12(7-8)21(15,18)19/h6-7,9-10H,4-5H2,1-3H3,(H,16,17). The van der Waals surface area contributed by atoms with Gasteiger partial charge in [0.05, 0.1) is 12.8 Å². The molecule has 5 nitrogen and oxygen atoms in total. The van der Waals surface area contributed by atoms with E-state index in [0.29, 0.717) is 17.2 Å². The van der Waals surface area contributed by atoms with Crippen molar-refractivity contribution in [3.8, 4) is 5.75 Å². The quantitative estimate of drug-likeness (QED) is 0.842. The molecule has 1 fully saturated rings. The Hall–Kier alpha value is -1.27. The van der Waals surface area contributed by atoms with Gasteiger partial charge in [0.1, 0.15) is 4.90 Å². The number of carbonyl (C=O) groups is 1. The van der Waals surface area contributed by atoms with E-state index in [9.17, 15) is 13.2 Å². The third kappa shape index (κ3) is 3.68. The maximum Gasteiger partial charge on any atom is 0.265 e. The number of rotatable bonds is 5. The Morgan fingerprint density at radius 3 is 2.52 bits per heavy atom. The van der Waals surface area contributed by atoms with Crippen molar-refractivity contribution >= 4 is 31.3 Å². The van der Waals surface area contributed by atoms with Crippen LogP contribution in [0.1, 0.15) is 25.3 Å². The van der Waals surface area contributed by atoms with Crippen molar-refractivity contribution in [3.63, 3.8) is 0 Å². The van der Waals surface area contributed by atoms with Gasteiger partial charge in [0.2, 0.25) is 5.91 Å². The molecule has 21 heavy (non-hydrogen) atoms. The van der Waals surface area contributed by atoms with Gasteiger partial charge < -0.3 is 10.1 Å². The number of carbonyl (C=O) groups excluding carboxylic acids is 1. The minimum atomic E-state index is -3.95. The lowest BCUT2D eigenvalue weighted by molar-refractivity contribution is -0.119. The molecule has 0 aliphatic heterocycles. The smallest absolute Gasteiger partial charge is 0.265 e. The van der Waals surface area contributed by atoms with Gasteiger partial charge in [0, 0.05) is 16.6 Å². The zero-order valence-electron chi connectivity index (χ0n) is 12.1. The molecule has 2 rings (SSSR count). The second-order valence-corrected chi connectivity index (χ2v) is 7.93. The first-order valence-corrected chi connectivity index (χ1v) is 8.99. The molecule has 0 spiro atoms. The van der Waals surface area contributed by atoms with E-state index in [4.69, 9.17) is 15.4 Å². The number of aryl methyl sites for hydroxylation is 1. The molecule has 1 saturated carbocycles. The minimum absolute atomic E-state index is 0.0620. The highest BCUT2D eigenvalue weighted by Gasteiger charge is 2.33. The molecule has 116 valence electrons. The zero-order valence-corrected chi connectivity index (χ0v) is 13.7. The van der Waals surface area contributed by atoms with E-state index in [0.717, 1.165) is 12.8 Å². The van der Waals surface area contributed by atoms with Gasteiger partial charge in [0.15, 0.2) is 5.75 Å². The number of nitrogens with one attached hydrogen (secondary N) is 1. The Bertz CT molecular complexity index is 668. The van der Waals surface area contributed by atoms with Gasteiger partial charge in [-0.15, -0.1) is 0 Å². The van der Waals surface area contributed by atoms with Crippen LogP contribution in [0.25, 0.3) is 0 Å². The van der Waals surface area contributed by atoms with Crippen LogP contribution in [0.3, 0.4) is 0 Å². The summed E-state index contributed by atoms with van der Waals surface area (Å²) >= 11 is 0. The number of hydrogen-bond acceptors (Lipinski definition) is 4. The first-order valence-electron chi connectivity index (χ1n) is 6.68. The lowest BCUT2D eigenvalue weighted by Gasteiger charge is -2.16. The minimum Gasteiger partial charge on any atom is -0.493 e. The summed E-state index contributed by atoms with van der Waals surface area (Å²) < 4.78 is 28.4. The summed E-state index contributed by atoms with van der Waals surface area (Å²) in [5, 5.41) is 2.75. The Balaban J connectivity index is 2.38. The maximum atomic E-state index is 12.2. The number of anilines is 1. The highest BCUT2D eigenvalue weighted by molar-refractivity contribution is 8.13. The number of hydrogen-bond donors (Lipinski definition) is 1. The van der Waals surface area contributed by atoms with Gasteiger partial charge in [0.25, 0.3) is 9.05 Å². The van der Waals surface area contributed by atoms with Crippen molar-refractivity contribution in [2.45, 2.75) is 31.6 Å². The summed E-state index contributed by atoms with van der Waals surface area (Å²) in [6.07, 6.45) is 2.11. The van der Waals surface area contributed by atoms with Gasteiger partial charge >= 0.3 is 0 Å². The van der Waals surface area contributed by atoms with Gasteiger partial charge in [-0.2, -0.15) is 0 Å². The molecule has 0 aromatic heterocycles. The van der Waals surface area contributed by atoms with Gasteiger partial charge in [-0.1, -0.05) is 6.92 Å². The van der Waals surface area contributed by atoms with E-state index in [1.165, 1.54) is 13.2 Å². The normalized spacial score (nSPS) is 16.4. The van der Waals surface area contributed by atoms with E-state index in [1.807, 2.05) is 6.92 Å². The van der Waals surface area contributed by atoms with Crippen molar-refractivity contribution < 1.29 is 17.9 Å².